The molecule has 0 bridgehead atoms. The van der Waals surface area contributed by atoms with E-state index in [1.807, 2.05) is 0 Å². The van der Waals surface area contributed by atoms with Gasteiger partial charge >= 0.3 is 0 Å². The lowest BCUT2D eigenvalue weighted by molar-refractivity contribution is -0.169. The van der Waals surface area contributed by atoms with Gasteiger partial charge in [-0.05, 0) is 42.9 Å². The lowest BCUT2D eigenvalue weighted by Gasteiger charge is -2.42. The molecule has 0 aliphatic carbocycles. The van der Waals surface area contributed by atoms with E-state index in [-0.39, 0.29) is 0 Å². The Bertz CT molecular complexity index is 648. The smallest absolute Gasteiger partial charge is 0.171 e. The number of unbranched alkanes of at least 4 members (excludes halogenated alkanes) is 20. The third kappa shape index (κ3) is 21.6. The fourth-order valence-electron chi connectivity index (χ4n) is 5.14. The van der Waals surface area contributed by atoms with Crippen LogP contribution in [0.1, 0.15) is 166 Å². The maximum atomic E-state index is 12.1. The Hall–Kier alpha value is 0.110. The molecule has 2 nitrogen and oxygen atoms in total. The van der Waals surface area contributed by atoms with E-state index in [4.69, 9.17) is 29.0 Å². The van der Waals surface area contributed by atoms with E-state index < -0.39 is 6.12 Å². The zero-order valence-corrected chi connectivity index (χ0v) is 26.8. The van der Waals surface area contributed by atoms with Gasteiger partial charge in [0.2, 0.25) is 0 Å². The van der Waals surface area contributed by atoms with Crippen LogP contribution in [0.2, 0.25) is 0 Å². The summed E-state index contributed by atoms with van der Waals surface area (Å²) in [5, 5.41) is 0. The van der Waals surface area contributed by atoms with E-state index in [0.717, 1.165) is 24.8 Å². The minimum absolute atomic E-state index is 0.668. The van der Waals surface area contributed by atoms with Crippen molar-refractivity contribution in [3.05, 3.63) is 29.3 Å². The number of hydrogen-bond donors (Lipinski definition) is 0. The lowest BCUT2D eigenvalue weighted by Crippen LogP contribution is -2.10. The average molecular weight is 569 g/mol. The predicted octanol–water partition coefficient (Wildman–Crippen LogP) is 10.9. The molecule has 0 heterocycles. The first kappa shape index (κ1) is 35.1. The molecule has 1 aromatic rings. The van der Waals surface area contributed by atoms with Crippen LogP contribution in [-0.4, -0.2) is 0 Å². The Morgan fingerprint density at radius 2 is 0.946 bits per heavy atom. The van der Waals surface area contributed by atoms with Crippen molar-refractivity contribution < 1.29 is 9.42 Å². The standard InChI is InChI=1S/C32H59O2PS2/c1-3-5-7-9-11-13-15-17-19-21-23-25-30-27-28-31(32(29-30)34-35(33,36)37)26-24-22-20-18-16-14-12-10-8-6-4-2/h27-29H,3-26H2,1-2H3,(H2,33,36,37)/p-2. The highest BCUT2D eigenvalue weighted by Gasteiger charge is 2.09. The molecule has 0 atom stereocenters. The molecule has 0 radical (unpaired) electrons. The van der Waals surface area contributed by atoms with Gasteiger partial charge in [-0.15, -0.1) is 6.12 Å². The number of rotatable bonds is 26. The van der Waals surface area contributed by atoms with Crippen molar-refractivity contribution in [2.45, 2.75) is 168 Å². The van der Waals surface area contributed by atoms with Crippen molar-refractivity contribution in [1.82, 2.24) is 0 Å². The summed E-state index contributed by atoms with van der Waals surface area (Å²) < 4.78 is 5.62. The summed E-state index contributed by atoms with van der Waals surface area (Å²) in [6, 6.07) is 6.42. The predicted molar refractivity (Wildman–Crippen MR) is 169 cm³/mol. The van der Waals surface area contributed by atoms with Gasteiger partial charge in [0.1, 0.15) is 0 Å². The molecular formula is C32H57O2PS2-2. The molecule has 0 N–H and O–H groups in total. The van der Waals surface area contributed by atoms with Crippen molar-refractivity contribution in [2.24, 2.45) is 0 Å². The molecule has 0 aliphatic heterocycles. The maximum absolute atomic E-state index is 12.1. The summed E-state index contributed by atoms with van der Waals surface area (Å²) >= 11 is 9.86. The summed E-state index contributed by atoms with van der Waals surface area (Å²) in [5.74, 6) is 0.668. The number of benzene rings is 1. The van der Waals surface area contributed by atoms with Crippen molar-refractivity contribution >= 4 is 30.6 Å². The largest absolute Gasteiger partial charge is 0.682 e. The van der Waals surface area contributed by atoms with Gasteiger partial charge in [0, 0.05) is 0 Å². The average Bonchev–Trinajstić information content (AvgIpc) is 2.86. The third-order valence-corrected chi connectivity index (χ3v) is 8.33. The molecule has 0 fully saturated rings. The summed E-state index contributed by atoms with van der Waals surface area (Å²) in [6.07, 6.45) is 28.1. The van der Waals surface area contributed by atoms with Crippen LogP contribution >= 0.6 is 6.12 Å². The molecule has 0 saturated carbocycles. The maximum Gasteiger partial charge on any atom is 0.171 e. The fraction of sp³-hybridized carbons (Fsp3) is 0.812. The SMILES string of the molecule is CCCCCCCCCCCCCc1ccc(CCCCCCCCCCCCC)c(O[P+]([O-])([S-])[S-])c1. The molecule has 5 heteroatoms. The molecule has 0 aliphatic rings. The van der Waals surface area contributed by atoms with Crippen LogP contribution in [0, 0.1) is 0 Å². The number of hydrogen-bond acceptors (Lipinski definition) is 4. The lowest BCUT2D eigenvalue weighted by atomic mass is 9.99. The van der Waals surface area contributed by atoms with Crippen LogP contribution in [0.25, 0.3) is 0 Å². The van der Waals surface area contributed by atoms with Crippen molar-refractivity contribution in [2.75, 3.05) is 0 Å². The molecule has 216 valence electrons. The van der Waals surface area contributed by atoms with Gasteiger partial charge in [0.25, 0.3) is 0 Å². The van der Waals surface area contributed by atoms with Crippen LogP contribution in [-0.2, 0) is 37.3 Å². The van der Waals surface area contributed by atoms with Crippen LogP contribution in [0.5, 0.6) is 5.75 Å². The highest BCUT2D eigenvalue weighted by Crippen LogP contribution is 2.47. The Morgan fingerprint density at radius 1 is 0.568 bits per heavy atom. The molecule has 0 aromatic heterocycles. The second kappa shape index (κ2) is 24.0. The first-order valence-corrected chi connectivity index (χ1v) is 19.4. The minimum atomic E-state index is -3.39. The van der Waals surface area contributed by atoms with Gasteiger partial charge in [-0.1, -0.05) is 154 Å². The van der Waals surface area contributed by atoms with Gasteiger partial charge in [-0.2, -0.15) is 0 Å². The Balaban J connectivity index is 2.26. The fourth-order valence-corrected chi connectivity index (χ4v) is 6.03. The zero-order chi connectivity index (χ0) is 27.0. The van der Waals surface area contributed by atoms with Gasteiger partial charge in [-0.3, -0.25) is 0 Å². The second-order valence-electron chi connectivity index (χ2n) is 11.1. The monoisotopic (exact) mass is 568 g/mol. The van der Waals surface area contributed by atoms with E-state index in [1.54, 1.807) is 0 Å². The van der Waals surface area contributed by atoms with Crippen molar-refractivity contribution in [1.29, 1.82) is 0 Å². The molecule has 0 saturated heterocycles. The van der Waals surface area contributed by atoms with Gasteiger partial charge in [0.05, 0.1) is 0 Å². The Labute approximate surface area is 242 Å². The van der Waals surface area contributed by atoms with Crippen LogP contribution in [0.4, 0.5) is 0 Å². The Kier molecular flexibility index (Phi) is 22.7. The van der Waals surface area contributed by atoms with Crippen LogP contribution < -0.4 is 9.42 Å². The van der Waals surface area contributed by atoms with Crippen molar-refractivity contribution in [3.63, 3.8) is 0 Å². The summed E-state index contributed by atoms with van der Waals surface area (Å²) in [5.41, 5.74) is 2.35. The van der Waals surface area contributed by atoms with Gasteiger partial charge in [-0.25, -0.2) is 0 Å². The van der Waals surface area contributed by atoms with E-state index >= 15 is 0 Å². The molecular weight excluding hydrogens is 511 g/mol. The third-order valence-electron chi connectivity index (χ3n) is 7.46. The molecule has 0 amide bonds. The topological polar surface area (TPSA) is 32.3 Å². The summed E-state index contributed by atoms with van der Waals surface area (Å²) in [7, 11) is 0. The van der Waals surface area contributed by atoms with Crippen LogP contribution in [0.3, 0.4) is 0 Å². The van der Waals surface area contributed by atoms with Gasteiger partial charge < -0.3 is 33.9 Å². The van der Waals surface area contributed by atoms with Crippen LogP contribution in [0.15, 0.2) is 18.2 Å². The highest BCUT2D eigenvalue weighted by atomic mass is 33.1. The first-order chi connectivity index (χ1) is 18.0. The zero-order valence-electron chi connectivity index (χ0n) is 24.3. The Morgan fingerprint density at radius 3 is 1.35 bits per heavy atom. The minimum Gasteiger partial charge on any atom is -0.682 e. The van der Waals surface area contributed by atoms with E-state index in [2.05, 4.69) is 32.0 Å². The molecule has 0 unspecified atom stereocenters. The van der Waals surface area contributed by atoms with Crippen molar-refractivity contribution in [3.8, 4) is 5.75 Å². The number of aryl methyl sites for hydroxylation is 2. The first-order valence-electron chi connectivity index (χ1n) is 15.8. The highest BCUT2D eigenvalue weighted by molar-refractivity contribution is 8.69. The molecule has 0 spiro atoms. The second-order valence-corrected chi connectivity index (χ2v) is 15.7. The normalized spacial score (nSPS) is 11.8. The molecule has 1 aromatic carbocycles. The molecule has 37 heavy (non-hydrogen) atoms. The molecule has 1 rings (SSSR count). The van der Waals surface area contributed by atoms with E-state index in [0.29, 0.717) is 5.75 Å². The summed E-state index contributed by atoms with van der Waals surface area (Å²) in [4.78, 5) is 12.1. The van der Waals surface area contributed by atoms with E-state index in [1.165, 1.54) is 140 Å². The van der Waals surface area contributed by atoms with E-state index in [9.17, 15) is 4.89 Å². The summed E-state index contributed by atoms with van der Waals surface area (Å²) in [6.45, 7) is 4.55. The quantitative estimate of drug-likeness (QED) is 0.0632. The van der Waals surface area contributed by atoms with Gasteiger partial charge in [0.15, 0.2) is 5.75 Å².